The van der Waals surface area contributed by atoms with E-state index in [1.54, 1.807) is 17.7 Å². The van der Waals surface area contributed by atoms with Gasteiger partial charge in [0.05, 0.1) is 5.56 Å². The van der Waals surface area contributed by atoms with Gasteiger partial charge < -0.3 is 5.11 Å². The normalized spacial score (nSPS) is 23.1. The summed E-state index contributed by atoms with van der Waals surface area (Å²) in [7, 11) is 0. The van der Waals surface area contributed by atoms with E-state index in [1.165, 1.54) is 12.8 Å². The number of carboxylic acids is 1. The van der Waals surface area contributed by atoms with E-state index in [-0.39, 0.29) is 5.60 Å². The summed E-state index contributed by atoms with van der Waals surface area (Å²) in [4.78, 5) is 19.7. The Labute approximate surface area is 198 Å². The van der Waals surface area contributed by atoms with Crippen LogP contribution in [0, 0.1) is 5.92 Å². The van der Waals surface area contributed by atoms with Crippen LogP contribution in [-0.4, -0.2) is 68.4 Å². The van der Waals surface area contributed by atoms with Crippen molar-refractivity contribution in [1.82, 2.24) is 4.90 Å². The second-order valence-electron chi connectivity index (χ2n) is 11.2. The van der Waals surface area contributed by atoms with Gasteiger partial charge in [-0.1, -0.05) is 0 Å². The van der Waals surface area contributed by atoms with Crippen LogP contribution < -0.4 is 0 Å². The van der Waals surface area contributed by atoms with E-state index in [4.69, 9.17) is 9.94 Å². The number of hydrogen-bond donors (Lipinski definition) is 1. The van der Waals surface area contributed by atoms with Crippen molar-refractivity contribution in [2.45, 2.75) is 61.6 Å². The molecule has 1 aliphatic carbocycles. The number of aromatic carboxylic acids is 1. The molecule has 5 nitrogen and oxygen atoms in total. The van der Waals surface area contributed by atoms with E-state index in [9.17, 15) is 4.79 Å². The third-order valence-electron chi connectivity index (χ3n) is 7.55. The van der Waals surface area contributed by atoms with Gasteiger partial charge in [0.2, 0.25) is 0 Å². The van der Waals surface area contributed by atoms with Gasteiger partial charge in [0, 0.05) is 0 Å². The second kappa shape index (κ2) is 8.35. The van der Waals surface area contributed by atoms with Crippen molar-refractivity contribution in [2.24, 2.45) is 11.1 Å². The van der Waals surface area contributed by atoms with Crippen LogP contribution in [0.15, 0.2) is 48.2 Å². The SMILES string of the molecule is C[C](C)(C)[In]1[CH]=C(CN2CCC3(CC2)CC(c2ccc(C(=O)O)cc2)=NO3)C=[C]1C1CC1. The molecular formula is C26H33InN2O3. The third kappa shape index (κ3) is 4.58. The zero-order valence-electron chi connectivity index (χ0n) is 19.4. The van der Waals surface area contributed by atoms with Crippen molar-refractivity contribution >= 4 is 33.1 Å². The van der Waals surface area contributed by atoms with Gasteiger partial charge in [-0.15, -0.1) is 0 Å². The fraction of sp³-hybridized carbons (Fsp3) is 0.538. The summed E-state index contributed by atoms with van der Waals surface area (Å²) in [6.07, 6.45) is 8.23. The maximum atomic E-state index is 11.1. The Kier molecular flexibility index (Phi) is 5.81. The first-order chi connectivity index (χ1) is 15.2. The average molecular weight is 536 g/mol. The molecule has 0 amide bonds. The molecule has 0 unspecified atom stereocenters. The van der Waals surface area contributed by atoms with Crippen LogP contribution in [0.2, 0.25) is 3.17 Å². The van der Waals surface area contributed by atoms with Gasteiger partial charge in [-0.3, -0.25) is 0 Å². The zero-order chi connectivity index (χ0) is 22.5. The number of nitrogens with zero attached hydrogens (tertiary/aromatic N) is 2. The van der Waals surface area contributed by atoms with Gasteiger partial charge in [-0.25, -0.2) is 4.79 Å². The molecule has 168 valence electrons. The van der Waals surface area contributed by atoms with E-state index >= 15 is 0 Å². The van der Waals surface area contributed by atoms with Crippen LogP contribution in [0.3, 0.4) is 0 Å². The van der Waals surface area contributed by atoms with Gasteiger partial charge in [0.1, 0.15) is 0 Å². The first-order valence-corrected chi connectivity index (χ1v) is 17.2. The van der Waals surface area contributed by atoms with Crippen LogP contribution >= 0.6 is 0 Å². The number of likely N-dealkylation sites (tertiary alicyclic amines) is 1. The summed E-state index contributed by atoms with van der Waals surface area (Å²) in [5.41, 5.74) is 3.59. The zero-order valence-corrected chi connectivity index (χ0v) is 22.7. The standard InChI is InChI=1S/C22H24N2O3.C4H9.In/c1-16(2-3-17-4-5-17)15-24-12-10-22(11-13-24)14-20(23-27-22)18-6-8-19(9-7-18)21(25)26;1-4(2)3;/h1-2,6-9,17H,4-5,10-15H2,(H,25,26);1-3H3;. The first kappa shape index (κ1) is 22.3. The van der Waals surface area contributed by atoms with Crippen LogP contribution in [-0.2, 0) is 4.84 Å². The molecule has 1 aromatic rings. The summed E-state index contributed by atoms with van der Waals surface area (Å²) in [5.74, 6) is 0.0137. The molecule has 2 fully saturated rings. The van der Waals surface area contributed by atoms with Crippen LogP contribution in [0.4, 0.5) is 0 Å². The molecule has 4 aliphatic rings. The quantitative estimate of drug-likeness (QED) is 0.576. The predicted molar refractivity (Wildman–Crippen MR) is 128 cm³/mol. The molecule has 0 aromatic heterocycles. The van der Waals surface area contributed by atoms with Crippen molar-refractivity contribution in [2.75, 3.05) is 19.6 Å². The molecule has 3 heterocycles. The summed E-state index contributed by atoms with van der Waals surface area (Å²) in [6.45, 7) is 10.5. The molecule has 1 saturated heterocycles. The van der Waals surface area contributed by atoms with Crippen molar-refractivity contribution in [3.8, 4) is 0 Å². The third-order valence-corrected chi connectivity index (χ3v) is 18.9. The maximum absolute atomic E-state index is 11.1. The van der Waals surface area contributed by atoms with E-state index in [1.807, 2.05) is 15.5 Å². The molecule has 5 rings (SSSR count). The number of piperidine rings is 1. The molecule has 32 heavy (non-hydrogen) atoms. The van der Waals surface area contributed by atoms with E-state index in [0.717, 1.165) is 56.1 Å². The number of hydrogen-bond acceptors (Lipinski definition) is 4. The number of rotatable bonds is 5. The Morgan fingerprint density at radius 1 is 1.22 bits per heavy atom. The van der Waals surface area contributed by atoms with E-state index in [2.05, 4.69) is 40.7 Å². The fourth-order valence-corrected chi connectivity index (χ4v) is 15.6. The molecule has 0 atom stereocenters. The topological polar surface area (TPSA) is 62.1 Å². The number of carboxylic acid groups (broad SMARTS) is 1. The number of carbonyl (C=O) groups is 1. The van der Waals surface area contributed by atoms with E-state index in [0.29, 0.717) is 8.73 Å². The molecule has 1 aromatic carbocycles. The Morgan fingerprint density at radius 3 is 2.50 bits per heavy atom. The Bertz CT molecular complexity index is 991. The minimum atomic E-state index is -1.81. The monoisotopic (exact) mass is 536 g/mol. The van der Waals surface area contributed by atoms with Crippen LogP contribution in [0.5, 0.6) is 0 Å². The summed E-state index contributed by atoms with van der Waals surface area (Å²) < 4.78 is 5.12. The molecule has 6 heteroatoms. The number of oxime groups is 1. The molecule has 0 bridgehead atoms. The van der Waals surface area contributed by atoms with Gasteiger partial charge in [0.15, 0.2) is 0 Å². The summed E-state index contributed by atoms with van der Waals surface area (Å²) in [5, 5.41) is 13.5. The molecule has 3 aliphatic heterocycles. The van der Waals surface area contributed by atoms with Crippen molar-refractivity contribution < 1.29 is 14.7 Å². The van der Waals surface area contributed by atoms with E-state index < -0.39 is 27.4 Å². The fourth-order valence-electron chi connectivity index (χ4n) is 5.43. The summed E-state index contributed by atoms with van der Waals surface area (Å²) >= 11 is -1.81. The van der Waals surface area contributed by atoms with Crippen molar-refractivity contribution in [1.29, 1.82) is 0 Å². The Hall–Kier alpha value is -1.53. The first-order valence-electron chi connectivity index (χ1n) is 12.0. The number of allylic oxidation sites excluding steroid dienone is 1. The molecule has 1 spiro atoms. The predicted octanol–water partition coefficient (Wildman–Crippen LogP) is 4.99. The summed E-state index contributed by atoms with van der Waals surface area (Å²) in [6, 6.07) is 6.96. The minimum absolute atomic E-state index is 0.191. The second-order valence-corrected chi connectivity index (χ2v) is 21.7. The molecule has 1 saturated carbocycles. The molecular weight excluding hydrogens is 503 g/mol. The molecule has 0 radical (unpaired) electrons. The van der Waals surface area contributed by atoms with Crippen LogP contribution in [0.25, 0.3) is 0 Å². The van der Waals surface area contributed by atoms with Gasteiger partial charge in [-0.05, 0) is 0 Å². The van der Waals surface area contributed by atoms with Gasteiger partial charge in [-0.2, -0.15) is 0 Å². The average Bonchev–Trinajstić information content (AvgIpc) is 3.38. The Balaban J connectivity index is 1.18. The molecule has 1 N–H and O–H groups in total. The van der Waals surface area contributed by atoms with Crippen molar-refractivity contribution in [3.05, 3.63) is 54.2 Å². The van der Waals surface area contributed by atoms with Crippen LogP contribution in [0.1, 0.15) is 68.8 Å². The number of benzene rings is 1. The van der Waals surface area contributed by atoms with Gasteiger partial charge in [0.25, 0.3) is 0 Å². The van der Waals surface area contributed by atoms with Gasteiger partial charge >= 0.3 is 184 Å². The van der Waals surface area contributed by atoms with Crippen molar-refractivity contribution in [3.63, 3.8) is 0 Å². The Morgan fingerprint density at radius 2 is 1.91 bits per heavy atom.